The molecule has 12 heteroatoms. The Labute approximate surface area is 218 Å². The van der Waals surface area contributed by atoms with E-state index in [9.17, 15) is 27.2 Å². The van der Waals surface area contributed by atoms with Crippen molar-refractivity contribution in [3.05, 3.63) is 90.0 Å². The summed E-state index contributed by atoms with van der Waals surface area (Å²) in [5.74, 6) is -0.754. The summed E-state index contributed by atoms with van der Waals surface area (Å²) in [7, 11) is -2.19. The fraction of sp³-hybridized carbons (Fsp3) is 0.240. The molecule has 0 unspecified atom stereocenters. The van der Waals surface area contributed by atoms with Gasteiger partial charge in [-0.1, -0.05) is 28.9 Å². The van der Waals surface area contributed by atoms with Gasteiger partial charge in [0.15, 0.2) is 9.84 Å². The molecule has 5 rings (SSSR count). The Kier molecular flexibility index (Phi) is 6.19. The first-order chi connectivity index (χ1) is 17.5. The first-order valence-corrected chi connectivity index (χ1v) is 13.9. The summed E-state index contributed by atoms with van der Waals surface area (Å²) >= 11 is 3.20. The lowest BCUT2D eigenvalue weighted by Crippen LogP contribution is -2.41. The molecule has 37 heavy (non-hydrogen) atoms. The van der Waals surface area contributed by atoms with Crippen LogP contribution in [0.3, 0.4) is 0 Å². The van der Waals surface area contributed by atoms with Crippen LogP contribution in [0.5, 0.6) is 0 Å². The zero-order valence-corrected chi connectivity index (χ0v) is 22.3. The lowest BCUT2D eigenvalue weighted by Gasteiger charge is -2.19. The van der Waals surface area contributed by atoms with Crippen LogP contribution < -0.4 is 22.1 Å². The number of halogens is 2. The van der Waals surface area contributed by atoms with Crippen LogP contribution in [-0.2, 0) is 16.9 Å². The topological polar surface area (TPSA) is 112 Å². The highest BCUT2D eigenvalue weighted by atomic mass is 79.9. The molecule has 9 nitrogen and oxygen atoms in total. The minimum atomic E-state index is -3.60. The number of aryl methyl sites for hydroxylation is 1. The largest absolute Gasteiger partial charge is 0.352 e. The molecule has 2 aromatic carbocycles. The van der Waals surface area contributed by atoms with Gasteiger partial charge in [0.05, 0.1) is 27.7 Å². The smallest absolute Gasteiger partial charge is 0.337 e. The number of hydrogen-bond acceptors (Lipinski definition) is 6. The zero-order chi connectivity index (χ0) is 26.6. The van der Waals surface area contributed by atoms with Crippen molar-refractivity contribution in [2.45, 2.75) is 30.7 Å². The van der Waals surface area contributed by atoms with Crippen molar-refractivity contribution in [3.8, 4) is 5.69 Å². The van der Waals surface area contributed by atoms with Crippen molar-refractivity contribution in [2.24, 2.45) is 7.05 Å². The van der Waals surface area contributed by atoms with E-state index in [4.69, 9.17) is 0 Å². The molecule has 0 saturated heterocycles. The number of fused-ring (bicyclic) bond motifs is 1. The quantitative estimate of drug-likeness (QED) is 0.368. The summed E-state index contributed by atoms with van der Waals surface area (Å²) in [4.78, 5) is 40.4. The number of rotatable bonds is 6. The van der Waals surface area contributed by atoms with E-state index < -0.39 is 32.5 Å². The fourth-order valence-electron chi connectivity index (χ4n) is 4.27. The Morgan fingerprint density at radius 3 is 2.43 bits per heavy atom. The van der Waals surface area contributed by atoms with Gasteiger partial charge in [-0.15, -0.1) is 0 Å². The Morgan fingerprint density at radius 1 is 1.05 bits per heavy atom. The summed E-state index contributed by atoms with van der Waals surface area (Å²) in [6.07, 6.45) is 1.25. The third kappa shape index (κ3) is 4.33. The van der Waals surface area contributed by atoms with Crippen molar-refractivity contribution >= 4 is 48.2 Å². The maximum Gasteiger partial charge on any atom is 0.337 e. The molecule has 0 radical (unpaired) electrons. The maximum atomic E-state index is 14.7. The van der Waals surface area contributed by atoms with Gasteiger partial charge in [0.1, 0.15) is 16.9 Å². The highest BCUT2D eigenvalue weighted by Crippen LogP contribution is 2.34. The SMILES string of the molecule is CCS(=O)(=O)c1cccc(-n2c(=O)n(C3CC3)c(=O)c3c(Nc4ccc(Br)cc4F)cc(=O)n(C)c32)c1. The van der Waals surface area contributed by atoms with E-state index in [1.54, 1.807) is 6.07 Å². The highest BCUT2D eigenvalue weighted by Gasteiger charge is 2.31. The molecular formula is C25H22BrFN4O5S. The van der Waals surface area contributed by atoms with Crippen molar-refractivity contribution in [3.63, 3.8) is 0 Å². The molecule has 1 saturated carbocycles. The normalized spacial score (nSPS) is 13.7. The molecule has 2 heterocycles. The van der Waals surface area contributed by atoms with E-state index in [-0.39, 0.29) is 44.8 Å². The van der Waals surface area contributed by atoms with E-state index in [1.165, 1.54) is 61.0 Å². The first-order valence-electron chi connectivity index (χ1n) is 11.5. The molecule has 1 fully saturated rings. The molecule has 4 aromatic rings. The molecule has 1 aliphatic carbocycles. The van der Waals surface area contributed by atoms with Crippen molar-refractivity contribution in [1.82, 2.24) is 13.7 Å². The van der Waals surface area contributed by atoms with Gasteiger partial charge in [-0.05, 0) is 49.2 Å². The molecule has 1 N–H and O–H groups in total. The second-order valence-electron chi connectivity index (χ2n) is 8.83. The van der Waals surface area contributed by atoms with Gasteiger partial charge in [0.2, 0.25) is 0 Å². The van der Waals surface area contributed by atoms with Crippen molar-refractivity contribution < 1.29 is 12.8 Å². The van der Waals surface area contributed by atoms with E-state index in [0.717, 1.165) is 9.13 Å². The molecular weight excluding hydrogens is 567 g/mol. The minimum absolute atomic E-state index is 0.000305. The Hall–Kier alpha value is -3.51. The molecule has 0 aliphatic heterocycles. The van der Waals surface area contributed by atoms with Crippen molar-refractivity contribution in [1.29, 1.82) is 0 Å². The number of nitrogens with zero attached hydrogens (tertiary/aromatic N) is 3. The predicted molar refractivity (Wildman–Crippen MR) is 142 cm³/mol. The molecule has 192 valence electrons. The monoisotopic (exact) mass is 588 g/mol. The summed E-state index contributed by atoms with van der Waals surface area (Å²) in [6.45, 7) is 1.51. The summed E-state index contributed by atoms with van der Waals surface area (Å²) in [5, 5.41) is 2.85. The average Bonchev–Trinajstić information content (AvgIpc) is 3.69. The highest BCUT2D eigenvalue weighted by molar-refractivity contribution is 9.10. The molecule has 0 bridgehead atoms. The average molecular weight is 589 g/mol. The lowest BCUT2D eigenvalue weighted by atomic mass is 10.2. The van der Waals surface area contributed by atoms with Crippen LogP contribution in [0, 0.1) is 5.82 Å². The van der Waals surface area contributed by atoms with Gasteiger partial charge in [0.25, 0.3) is 11.1 Å². The van der Waals surface area contributed by atoms with Gasteiger partial charge >= 0.3 is 5.69 Å². The number of hydrogen-bond donors (Lipinski definition) is 1. The predicted octanol–water partition coefficient (Wildman–Crippen LogP) is 3.62. The van der Waals surface area contributed by atoms with Crippen LogP contribution in [0.2, 0.25) is 0 Å². The number of anilines is 2. The molecule has 1 aliphatic rings. The number of pyridine rings is 1. The number of sulfone groups is 1. The Balaban J connectivity index is 1.89. The van der Waals surface area contributed by atoms with Crippen LogP contribution in [0.1, 0.15) is 25.8 Å². The van der Waals surface area contributed by atoms with Crippen LogP contribution in [0.4, 0.5) is 15.8 Å². The van der Waals surface area contributed by atoms with E-state index in [0.29, 0.717) is 17.3 Å². The maximum absolute atomic E-state index is 14.7. The van der Waals surface area contributed by atoms with Crippen LogP contribution >= 0.6 is 15.9 Å². The van der Waals surface area contributed by atoms with Gasteiger partial charge in [-0.3, -0.25) is 18.7 Å². The lowest BCUT2D eigenvalue weighted by molar-refractivity contribution is 0.597. The fourth-order valence-corrected chi connectivity index (χ4v) is 5.52. The van der Waals surface area contributed by atoms with E-state index in [1.807, 2.05) is 0 Å². The minimum Gasteiger partial charge on any atom is -0.352 e. The number of benzene rings is 2. The molecule has 2 aromatic heterocycles. The zero-order valence-electron chi connectivity index (χ0n) is 19.9. The van der Waals surface area contributed by atoms with Crippen molar-refractivity contribution in [2.75, 3.05) is 11.1 Å². The first kappa shape index (κ1) is 25.2. The standard InChI is InChI=1S/C25H22BrFN4O5S/c1-3-37(35,36)17-6-4-5-16(12-17)30-23-22(24(33)31(25(30)34)15-8-9-15)20(13-21(32)29(23)2)28-19-10-7-14(26)11-18(19)27/h4-7,10-13,15,28H,3,8-9H2,1-2H3. The molecule has 0 spiro atoms. The Morgan fingerprint density at radius 2 is 1.78 bits per heavy atom. The van der Waals surface area contributed by atoms with Gasteiger partial charge in [0, 0.05) is 23.6 Å². The van der Waals surface area contributed by atoms with Gasteiger partial charge in [-0.2, -0.15) is 0 Å². The second-order valence-corrected chi connectivity index (χ2v) is 12.0. The van der Waals surface area contributed by atoms with Crippen LogP contribution in [0.15, 0.2) is 72.3 Å². The third-order valence-corrected chi connectivity index (χ3v) is 8.60. The summed E-state index contributed by atoms with van der Waals surface area (Å²) < 4.78 is 43.7. The second kappa shape index (κ2) is 9.10. The molecule has 0 amide bonds. The third-order valence-electron chi connectivity index (χ3n) is 6.38. The molecule has 0 atom stereocenters. The van der Waals surface area contributed by atoms with Crippen LogP contribution in [0.25, 0.3) is 16.7 Å². The van der Waals surface area contributed by atoms with E-state index >= 15 is 0 Å². The van der Waals surface area contributed by atoms with Gasteiger partial charge < -0.3 is 5.32 Å². The Bertz CT molecular complexity index is 1870. The van der Waals surface area contributed by atoms with Gasteiger partial charge in [-0.25, -0.2) is 22.2 Å². The number of nitrogens with one attached hydrogen (secondary N) is 1. The van der Waals surface area contributed by atoms with E-state index in [2.05, 4.69) is 21.2 Å². The van der Waals surface area contributed by atoms with Crippen LogP contribution in [-0.4, -0.2) is 27.9 Å². The number of aromatic nitrogens is 3. The summed E-state index contributed by atoms with van der Waals surface area (Å²) in [5.41, 5.74) is -1.65. The summed E-state index contributed by atoms with van der Waals surface area (Å²) in [6, 6.07) is 11.0.